The highest BCUT2D eigenvalue weighted by Crippen LogP contribution is 2.54. The second-order valence-electron chi connectivity index (χ2n) is 7.21. The predicted octanol–water partition coefficient (Wildman–Crippen LogP) is 2.74. The maximum Gasteiger partial charge on any atom is 0.174 e. The van der Waals surface area contributed by atoms with E-state index in [4.69, 9.17) is 14.2 Å². The summed E-state index contributed by atoms with van der Waals surface area (Å²) in [6.45, 7) is 2.66. The molecule has 1 heterocycles. The zero-order valence-electron chi connectivity index (χ0n) is 13.5. The van der Waals surface area contributed by atoms with Crippen LogP contribution in [-0.2, 0) is 20.8 Å². The van der Waals surface area contributed by atoms with Gasteiger partial charge in [-0.3, -0.25) is 0 Å². The summed E-state index contributed by atoms with van der Waals surface area (Å²) in [4.78, 5) is 0. The maximum absolute atomic E-state index is 9.99. The molecule has 2 aliphatic carbocycles. The van der Waals surface area contributed by atoms with Crippen LogP contribution in [0.1, 0.15) is 31.2 Å². The van der Waals surface area contributed by atoms with Gasteiger partial charge in [-0.1, -0.05) is 30.3 Å². The van der Waals surface area contributed by atoms with E-state index in [0.29, 0.717) is 38.3 Å². The quantitative estimate of drug-likeness (QED) is 0.927. The Bertz CT molecular complexity index is 511. The molecule has 1 aliphatic heterocycles. The van der Waals surface area contributed by atoms with Gasteiger partial charge in [0.05, 0.1) is 32.5 Å². The summed E-state index contributed by atoms with van der Waals surface area (Å²) in [6.07, 6.45) is 3.59. The number of rotatable bonds is 4. The minimum Gasteiger partial charge on any atom is -0.393 e. The normalized spacial score (nSPS) is 35.5. The molecule has 23 heavy (non-hydrogen) atoms. The topological polar surface area (TPSA) is 47.9 Å². The fourth-order valence-corrected chi connectivity index (χ4v) is 4.80. The van der Waals surface area contributed by atoms with Crippen molar-refractivity contribution in [3.63, 3.8) is 0 Å². The Kier molecular flexibility index (Phi) is 4.41. The zero-order chi connectivity index (χ0) is 15.7. The minimum absolute atomic E-state index is 0.154. The standard InChI is InChI=1S/C19H26O4/c20-16-6-7-17-15(10-16)11-19(22-8-9-23-19)18(17)13-21-12-14-4-2-1-3-5-14/h1-5,15-18,20H,6-13H2/t15-,16-,17-,18+/m1/s1. The van der Waals surface area contributed by atoms with E-state index in [9.17, 15) is 5.11 Å². The highest BCUT2D eigenvalue weighted by molar-refractivity contribution is 5.13. The molecular formula is C19H26O4. The van der Waals surface area contributed by atoms with E-state index in [1.807, 2.05) is 18.2 Å². The molecule has 0 radical (unpaired) electrons. The number of hydrogen-bond acceptors (Lipinski definition) is 4. The molecule has 1 aromatic carbocycles. The third-order valence-electron chi connectivity index (χ3n) is 5.83. The van der Waals surface area contributed by atoms with Gasteiger partial charge in [0, 0.05) is 12.3 Å². The molecule has 3 aliphatic rings. The van der Waals surface area contributed by atoms with Gasteiger partial charge in [-0.15, -0.1) is 0 Å². The molecule has 0 bridgehead atoms. The van der Waals surface area contributed by atoms with Crippen LogP contribution in [0.25, 0.3) is 0 Å². The van der Waals surface area contributed by atoms with Gasteiger partial charge in [0.25, 0.3) is 0 Å². The summed E-state index contributed by atoms with van der Waals surface area (Å²) >= 11 is 0. The molecular weight excluding hydrogens is 292 g/mol. The van der Waals surface area contributed by atoms with Gasteiger partial charge < -0.3 is 19.3 Å². The first kappa shape index (κ1) is 15.6. The lowest BCUT2D eigenvalue weighted by molar-refractivity contribution is -0.198. The van der Waals surface area contributed by atoms with Crippen LogP contribution in [0.4, 0.5) is 0 Å². The van der Waals surface area contributed by atoms with Crippen LogP contribution in [0.15, 0.2) is 30.3 Å². The molecule has 2 saturated carbocycles. The second-order valence-corrected chi connectivity index (χ2v) is 7.21. The van der Waals surface area contributed by atoms with Gasteiger partial charge in [-0.2, -0.15) is 0 Å². The Morgan fingerprint density at radius 3 is 2.70 bits per heavy atom. The lowest BCUT2D eigenvalue weighted by Crippen LogP contribution is -2.39. The molecule has 1 N–H and O–H groups in total. The van der Waals surface area contributed by atoms with Gasteiger partial charge in [-0.25, -0.2) is 0 Å². The van der Waals surface area contributed by atoms with Crippen LogP contribution in [0.5, 0.6) is 0 Å². The van der Waals surface area contributed by atoms with E-state index >= 15 is 0 Å². The largest absolute Gasteiger partial charge is 0.393 e. The lowest BCUT2D eigenvalue weighted by Gasteiger charge is -2.34. The molecule has 4 heteroatoms. The van der Waals surface area contributed by atoms with E-state index in [2.05, 4.69) is 12.1 Å². The molecule has 0 aromatic heterocycles. The summed E-state index contributed by atoms with van der Waals surface area (Å²) in [5, 5.41) is 9.99. The van der Waals surface area contributed by atoms with Crippen LogP contribution in [0, 0.1) is 17.8 Å². The van der Waals surface area contributed by atoms with E-state index in [1.54, 1.807) is 0 Å². The SMILES string of the molecule is O[C@@H]1CC[C@@H]2[C@H](C1)CC1(OCCO1)[C@H]2COCc1ccccc1. The van der Waals surface area contributed by atoms with Crippen molar-refractivity contribution in [2.24, 2.45) is 17.8 Å². The smallest absolute Gasteiger partial charge is 0.174 e. The summed E-state index contributed by atoms with van der Waals surface area (Å²) in [7, 11) is 0. The molecule has 1 aromatic rings. The Hall–Kier alpha value is -0.940. The molecule has 4 rings (SSSR count). The van der Waals surface area contributed by atoms with Gasteiger partial charge in [-0.05, 0) is 36.7 Å². The van der Waals surface area contributed by atoms with Crippen molar-refractivity contribution in [2.45, 2.75) is 44.2 Å². The number of fused-ring (bicyclic) bond motifs is 1. The number of hydrogen-bond donors (Lipinski definition) is 1. The van der Waals surface area contributed by atoms with Crippen LogP contribution in [0.3, 0.4) is 0 Å². The Labute approximate surface area is 137 Å². The molecule has 4 atom stereocenters. The minimum atomic E-state index is -0.462. The highest BCUT2D eigenvalue weighted by Gasteiger charge is 2.58. The van der Waals surface area contributed by atoms with Crippen molar-refractivity contribution in [3.05, 3.63) is 35.9 Å². The van der Waals surface area contributed by atoms with E-state index in [-0.39, 0.29) is 12.0 Å². The van der Waals surface area contributed by atoms with E-state index in [1.165, 1.54) is 5.56 Å². The van der Waals surface area contributed by atoms with Gasteiger partial charge >= 0.3 is 0 Å². The maximum atomic E-state index is 9.99. The van der Waals surface area contributed by atoms with Gasteiger partial charge in [0.2, 0.25) is 0 Å². The molecule has 0 amide bonds. The zero-order valence-corrected chi connectivity index (χ0v) is 13.5. The first-order valence-corrected chi connectivity index (χ1v) is 8.84. The fourth-order valence-electron chi connectivity index (χ4n) is 4.80. The van der Waals surface area contributed by atoms with E-state index < -0.39 is 5.79 Å². The number of benzene rings is 1. The molecule has 1 spiro atoms. The number of aliphatic hydroxyl groups is 1. The molecule has 4 nitrogen and oxygen atoms in total. The average Bonchev–Trinajstić information content (AvgIpc) is 3.14. The fraction of sp³-hybridized carbons (Fsp3) is 0.684. The first-order valence-electron chi connectivity index (χ1n) is 8.84. The van der Waals surface area contributed by atoms with E-state index in [0.717, 1.165) is 25.7 Å². The lowest BCUT2D eigenvalue weighted by atomic mass is 9.77. The predicted molar refractivity (Wildman–Crippen MR) is 85.7 cm³/mol. The molecule has 126 valence electrons. The van der Waals surface area contributed by atoms with Crippen LogP contribution < -0.4 is 0 Å². The third kappa shape index (κ3) is 3.05. The number of aliphatic hydroxyl groups excluding tert-OH is 1. The van der Waals surface area contributed by atoms with Crippen LogP contribution >= 0.6 is 0 Å². The van der Waals surface area contributed by atoms with Crippen LogP contribution in [-0.4, -0.2) is 36.8 Å². The average molecular weight is 318 g/mol. The van der Waals surface area contributed by atoms with Gasteiger partial charge in [0.15, 0.2) is 5.79 Å². The van der Waals surface area contributed by atoms with Crippen LogP contribution in [0.2, 0.25) is 0 Å². The molecule has 3 fully saturated rings. The Morgan fingerprint density at radius 1 is 1.13 bits per heavy atom. The van der Waals surface area contributed by atoms with Crippen molar-refractivity contribution in [2.75, 3.05) is 19.8 Å². The first-order chi connectivity index (χ1) is 11.3. The van der Waals surface area contributed by atoms with Gasteiger partial charge in [0.1, 0.15) is 0 Å². The van der Waals surface area contributed by atoms with Crippen molar-refractivity contribution < 1.29 is 19.3 Å². The Morgan fingerprint density at radius 2 is 1.91 bits per heavy atom. The van der Waals surface area contributed by atoms with Crippen molar-refractivity contribution in [1.82, 2.24) is 0 Å². The third-order valence-corrected chi connectivity index (χ3v) is 5.83. The molecule has 0 unspecified atom stereocenters. The monoisotopic (exact) mass is 318 g/mol. The number of ether oxygens (including phenoxy) is 3. The Balaban J connectivity index is 1.43. The highest BCUT2D eigenvalue weighted by atomic mass is 16.7. The second kappa shape index (κ2) is 6.52. The van der Waals surface area contributed by atoms with Crippen molar-refractivity contribution in [1.29, 1.82) is 0 Å². The summed E-state index contributed by atoms with van der Waals surface area (Å²) in [6, 6.07) is 10.3. The molecule has 1 saturated heterocycles. The van der Waals surface area contributed by atoms with Crippen molar-refractivity contribution in [3.8, 4) is 0 Å². The van der Waals surface area contributed by atoms with Crippen molar-refractivity contribution >= 4 is 0 Å². The summed E-state index contributed by atoms with van der Waals surface area (Å²) in [5.41, 5.74) is 1.20. The summed E-state index contributed by atoms with van der Waals surface area (Å²) in [5.74, 6) is 0.872. The summed E-state index contributed by atoms with van der Waals surface area (Å²) < 4.78 is 18.2.